The Kier molecular flexibility index (Phi) is 8.64. The summed E-state index contributed by atoms with van der Waals surface area (Å²) in [5.74, 6) is -0.499. The quantitative estimate of drug-likeness (QED) is 0.238. The monoisotopic (exact) mass is 596 g/mol. The highest BCUT2D eigenvalue weighted by molar-refractivity contribution is 6.09. The normalized spacial score (nSPS) is 23.8. The summed E-state index contributed by atoms with van der Waals surface area (Å²) in [5, 5.41) is 11.9. The molecule has 3 aromatic rings. The molecule has 6 rings (SSSR count). The number of nitrogens with two attached hydrogens (primary N) is 1. The van der Waals surface area contributed by atoms with Crippen molar-refractivity contribution in [1.29, 1.82) is 5.26 Å². The molecule has 2 atom stereocenters. The Morgan fingerprint density at radius 1 is 1.20 bits per heavy atom. The van der Waals surface area contributed by atoms with Crippen molar-refractivity contribution in [3.63, 3.8) is 0 Å². The smallest absolute Gasteiger partial charge is 0.226 e. The summed E-state index contributed by atoms with van der Waals surface area (Å²) in [6.07, 6.45) is 7.29. The molecule has 3 fully saturated rings. The van der Waals surface area contributed by atoms with E-state index in [1.807, 2.05) is 24.3 Å². The molecule has 2 amide bonds. The van der Waals surface area contributed by atoms with Crippen molar-refractivity contribution in [2.24, 2.45) is 10.7 Å². The second-order valence-electron chi connectivity index (χ2n) is 12.2. The topological polar surface area (TPSA) is 137 Å². The lowest BCUT2D eigenvalue weighted by Crippen LogP contribution is -2.44. The van der Waals surface area contributed by atoms with Gasteiger partial charge in [0.2, 0.25) is 11.8 Å². The third-order valence-electron chi connectivity index (χ3n) is 8.43. The van der Waals surface area contributed by atoms with E-state index in [-0.39, 0.29) is 17.6 Å². The maximum atomic E-state index is 15.4. The van der Waals surface area contributed by atoms with Crippen LogP contribution < -0.4 is 11.1 Å². The molecule has 1 aromatic heterocycles. The van der Waals surface area contributed by atoms with Gasteiger partial charge in [0.1, 0.15) is 22.6 Å². The number of aliphatic imine (C=N–C) groups is 1. The lowest BCUT2D eigenvalue weighted by Gasteiger charge is -2.33. The molecule has 10 heteroatoms. The van der Waals surface area contributed by atoms with Gasteiger partial charge in [-0.2, -0.15) is 5.26 Å². The number of ether oxygens (including phenoxy) is 1. The number of allylic oxidation sites excluding steroid dienone is 1. The highest BCUT2D eigenvalue weighted by Gasteiger charge is 2.70. The van der Waals surface area contributed by atoms with Gasteiger partial charge < -0.3 is 10.5 Å². The zero-order valence-electron chi connectivity index (χ0n) is 25.3. The summed E-state index contributed by atoms with van der Waals surface area (Å²) >= 11 is 0. The van der Waals surface area contributed by atoms with Crippen molar-refractivity contribution < 1.29 is 18.7 Å². The molecule has 3 N–H and O–H groups in total. The first-order valence-electron chi connectivity index (χ1n) is 14.8. The molecular weight excluding hydrogens is 559 g/mol. The van der Waals surface area contributed by atoms with Crippen molar-refractivity contribution in [3.05, 3.63) is 83.4 Å². The van der Waals surface area contributed by atoms with Crippen LogP contribution in [0.3, 0.4) is 0 Å². The van der Waals surface area contributed by atoms with Crippen molar-refractivity contribution in [2.45, 2.75) is 69.7 Å². The number of carbonyl (C=O) groups excluding carboxylic acids is 2. The molecule has 0 aliphatic carbocycles. The Labute approximate surface area is 256 Å². The molecule has 228 valence electrons. The van der Waals surface area contributed by atoms with Crippen molar-refractivity contribution in [2.75, 3.05) is 13.1 Å². The number of nitrogens with one attached hydrogen (secondary N) is 1. The fourth-order valence-electron chi connectivity index (χ4n) is 5.92. The fraction of sp³-hybridized carbons (Fsp3) is 0.382. The SMILES string of the molecule is CC(C)(C#N)N=C/C(=C\N)c1ccc(CN2CCC3(c4ccc5ncccc5c4F)OC3(C)C2)cc1.O=C1CCCC(=O)N1. The third-order valence-corrected chi connectivity index (χ3v) is 8.43. The van der Waals surface area contributed by atoms with Crippen LogP contribution in [0.25, 0.3) is 16.5 Å². The number of nitrogens with zero attached hydrogens (tertiary/aromatic N) is 4. The summed E-state index contributed by atoms with van der Waals surface area (Å²) in [6, 6.07) is 17.6. The number of hydrogen-bond donors (Lipinski definition) is 2. The van der Waals surface area contributed by atoms with Gasteiger partial charge in [-0.25, -0.2) is 4.39 Å². The van der Waals surface area contributed by atoms with Crippen LogP contribution in [0.5, 0.6) is 0 Å². The number of hydrogen-bond acceptors (Lipinski definition) is 8. The zero-order valence-corrected chi connectivity index (χ0v) is 25.3. The molecule has 3 aliphatic rings. The van der Waals surface area contributed by atoms with Crippen LogP contribution in [0.15, 0.2) is 65.9 Å². The summed E-state index contributed by atoms with van der Waals surface area (Å²) in [5.41, 5.74) is 8.16. The number of carbonyl (C=O) groups is 2. The van der Waals surface area contributed by atoms with Gasteiger partial charge in [-0.3, -0.25) is 29.8 Å². The summed E-state index contributed by atoms with van der Waals surface area (Å²) in [6.45, 7) is 7.90. The lowest BCUT2D eigenvalue weighted by molar-refractivity contribution is -0.132. The molecule has 0 bridgehead atoms. The number of imide groups is 1. The van der Waals surface area contributed by atoms with Crippen molar-refractivity contribution >= 4 is 34.5 Å². The van der Waals surface area contributed by atoms with E-state index in [1.165, 1.54) is 11.8 Å². The number of epoxide rings is 1. The number of piperidine rings is 2. The predicted octanol–water partition coefficient (Wildman–Crippen LogP) is 4.75. The molecule has 9 nitrogen and oxygen atoms in total. The Morgan fingerprint density at radius 3 is 2.55 bits per heavy atom. The van der Waals surface area contributed by atoms with E-state index >= 15 is 4.39 Å². The summed E-state index contributed by atoms with van der Waals surface area (Å²) in [4.78, 5) is 31.6. The van der Waals surface area contributed by atoms with E-state index in [2.05, 4.69) is 45.3 Å². The van der Waals surface area contributed by atoms with Gasteiger partial charge in [0.25, 0.3) is 0 Å². The molecule has 3 aliphatic heterocycles. The number of pyridine rings is 1. The first kappa shape index (κ1) is 31.0. The molecular formula is C34H37FN6O3. The van der Waals surface area contributed by atoms with Crippen molar-refractivity contribution in [3.8, 4) is 6.07 Å². The van der Waals surface area contributed by atoms with Crippen LogP contribution in [0.4, 0.5) is 4.39 Å². The number of fused-ring (bicyclic) bond motifs is 2. The minimum atomic E-state index is -0.800. The molecule has 4 heterocycles. The number of aromatic nitrogens is 1. The maximum absolute atomic E-state index is 15.4. The van der Waals surface area contributed by atoms with Gasteiger partial charge in [-0.15, -0.1) is 0 Å². The van der Waals surface area contributed by atoms with Gasteiger partial charge in [0.15, 0.2) is 0 Å². The first-order valence-corrected chi connectivity index (χ1v) is 14.8. The van der Waals surface area contributed by atoms with Gasteiger partial charge in [0, 0.05) is 67.6 Å². The average molecular weight is 597 g/mol. The second-order valence-corrected chi connectivity index (χ2v) is 12.2. The average Bonchev–Trinajstić information content (AvgIpc) is 3.64. The molecule has 0 radical (unpaired) electrons. The molecule has 0 saturated carbocycles. The zero-order chi connectivity index (χ0) is 31.5. The summed E-state index contributed by atoms with van der Waals surface area (Å²) < 4.78 is 21.7. The number of likely N-dealkylation sites (tertiary alicyclic amines) is 1. The highest BCUT2D eigenvalue weighted by Crippen LogP contribution is 2.61. The van der Waals surface area contributed by atoms with Crippen LogP contribution in [0.1, 0.15) is 63.1 Å². The van der Waals surface area contributed by atoms with E-state index in [0.29, 0.717) is 35.7 Å². The van der Waals surface area contributed by atoms with Crippen molar-refractivity contribution in [1.82, 2.24) is 15.2 Å². The van der Waals surface area contributed by atoms with Gasteiger partial charge in [-0.05, 0) is 62.9 Å². The van der Waals surface area contributed by atoms with E-state index in [4.69, 9.17) is 15.7 Å². The maximum Gasteiger partial charge on any atom is 0.226 e. The highest BCUT2D eigenvalue weighted by atomic mass is 19.1. The molecule has 2 unspecified atom stereocenters. The van der Waals surface area contributed by atoms with Crippen LogP contribution in [-0.2, 0) is 26.5 Å². The lowest BCUT2D eigenvalue weighted by atomic mass is 9.80. The van der Waals surface area contributed by atoms with E-state index in [9.17, 15) is 9.59 Å². The number of halogens is 1. The van der Waals surface area contributed by atoms with Crippen LogP contribution in [-0.4, -0.2) is 52.1 Å². The van der Waals surface area contributed by atoms with Gasteiger partial charge in [-0.1, -0.05) is 30.3 Å². The van der Waals surface area contributed by atoms with Gasteiger partial charge >= 0.3 is 0 Å². The number of amides is 2. The van der Waals surface area contributed by atoms with Crippen LogP contribution in [0.2, 0.25) is 0 Å². The number of rotatable bonds is 6. The Balaban J connectivity index is 0.000000418. The van der Waals surface area contributed by atoms with Gasteiger partial charge in [0.05, 0.1) is 11.6 Å². The largest absolute Gasteiger partial charge is 0.404 e. The first-order chi connectivity index (χ1) is 21.0. The van der Waals surface area contributed by atoms with E-state index in [0.717, 1.165) is 37.2 Å². The van der Waals surface area contributed by atoms with E-state index < -0.39 is 16.7 Å². The molecule has 3 saturated heterocycles. The van der Waals surface area contributed by atoms with Crippen LogP contribution >= 0.6 is 0 Å². The summed E-state index contributed by atoms with van der Waals surface area (Å²) in [7, 11) is 0. The van der Waals surface area contributed by atoms with Crippen LogP contribution in [0, 0.1) is 17.1 Å². The number of nitriles is 1. The number of benzene rings is 2. The molecule has 0 spiro atoms. The predicted molar refractivity (Wildman–Crippen MR) is 167 cm³/mol. The second kappa shape index (κ2) is 12.3. The Morgan fingerprint density at radius 2 is 1.93 bits per heavy atom. The molecule has 44 heavy (non-hydrogen) atoms. The molecule has 2 aromatic carbocycles. The fourth-order valence-corrected chi connectivity index (χ4v) is 5.92. The Bertz CT molecular complexity index is 1660. The standard InChI is InChI=1S/C29H30FN5O.C5H7NO2/c1-27(2,18-32)34-16-22(15-31)21-8-6-20(7-9-21)17-35-14-12-29(28(3,19-35)36-29)24-10-11-25-23(26(24)30)5-4-13-33-25;7-4-2-1-3-5(8)6-4/h4-11,13,15-16H,12,14,17,19,31H2,1-3H3;1-3H2,(H,6,7,8)/b22-15+,34-16?;. The minimum Gasteiger partial charge on any atom is -0.404 e. The third kappa shape index (κ3) is 6.39. The van der Waals surface area contributed by atoms with E-state index in [1.54, 1.807) is 38.4 Å². The Hall–Kier alpha value is -4.46. The minimum absolute atomic E-state index is 0.138.